The van der Waals surface area contributed by atoms with Gasteiger partial charge in [0.15, 0.2) is 11.5 Å². The molecule has 1 fully saturated rings. The Morgan fingerprint density at radius 3 is 2.50 bits per heavy atom. The van der Waals surface area contributed by atoms with E-state index in [-0.39, 0.29) is 11.7 Å². The Bertz CT molecular complexity index is 652. The number of Topliss-reactive ketones (excluding diaryl/α,β-unsaturated/α-hetero) is 1. The van der Waals surface area contributed by atoms with Crippen LogP contribution in [0.4, 0.5) is 0 Å². The van der Waals surface area contributed by atoms with E-state index >= 15 is 0 Å². The second kappa shape index (κ2) is 6.19. The van der Waals surface area contributed by atoms with E-state index in [1.807, 2.05) is 29.9 Å². The van der Waals surface area contributed by atoms with Crippen molar-refractivity contribution in [3.8, 4) is 0 Å². The van der Waals surface area contributed by atoms with Crippen molar-refractivity contribution < 1.29 is 14.0 Å². The molecule has 1 amide bonds. The van der Waals surface area contributed by atoms with Crippen LogP contribution in [-0.4, -0.2) is 58.8 Å². The van der Waals surface area contributed by atoms with E-state index in [0.717, 1.165) is 0 Å². The summed E-state index contributed by atoms with van der Waals surface area (Å²) in [7, 11) is 1.87. The quantitative estimate of drug-likeness (QED) is 0.798. The van der Waals surface area contributed by atoms with Gasteiger partial charge in [0, 0.05) is 39.4 Å². The molecule has 1 aliphatic heterocycles. The molecule has 0 radical (unpaired) electrons. The molecule has 6 nitrogen and oxygen atoms in total. The lowest BCUT2D eigenvalue weighted by atomic mass is 10.2. The van der Waals surface area contributed by atoms with Gasteiger partial charge in [-0.15, -0.1) is 0 Å². The molecule has 0 aromatic carbocycles. The van der Waals surface area contributed by atoms with E-state index in [9.17, 15) is 9.59 Å². The summed E-state index contributed by atoms with van der Waals surface area (Å²) in [6.07, 6.45) is 3.37. The monoisotopic (exact) mass is 301 g/mol. The second-order valence-electron chi connectivity index (χ2n) is 5.47. The molecule has 0 unspecified atom stereocenters. The molecule has 3 rings (SSSR count). The number of furan rings is 1. The Balaban J connectivity index is 1.53. The van der Waals surface area contributed by atoms with E-state index in [1.165, 1.54) is 6.26 Å². The highest BCUT2D eigenvalue weighted by molar-refractivity contribution is 5.96. The lowest BCUT2D eigenvalue weighted by Gasteiger charge is -2.33. The number of carbonyl (C=O) groups excluding carboxylic acids is 2. The Kier molecular flexibility index (Phi) is 4.11. The number of amides is 1. The molecule has 2 aromatic rings. The minimum Gasteiger partial charge on any atom is -0.459 e. The smallest absolute Gasteiger partial charge is 0.289 e. The molecule has 22 heavy (non-hydrogen) atoms. The van der Waals surface area contributed by atoms with Crippen LogP contribution in [0.15, 0.2) is 41.1 Å². The second-order valence-corrected chi connectivity index (χ2v) is 5.47. The average Bonchev–Trinajstić information content (AvgIpc) is 3.18. The van der Waals surface area contributed by atoms with E-state index < -0.39 is 0 Å². The summed E-state index contributed by atoms with van der Waals surface area (Å²) < 4.78 is 6.97. The van der Waals surface area contributed by atoms with Gasteiger partial charge in [0.1, 0.15) is 0 Å². The number of aromatic nitrogens is 1. The first-order valence-electron chi connectivity index (χ1n) is 7.35. The average molecular weight is 301 g/mol. The molecule has 1 aliphatic rings. The van der Waals surface area contributed by atoms with Crippen LogP contribution >= 0.6 is 0 Å². The fourth-order valence-corrected chi connectivity index (χ4v) is 2.70. The molecule has 3 heterocycles. The predicted octanol–water partition coefficient (Wildman–Crippen LogP) is 1.26. The maximum atomic E-state index is 12.2. The van der Waals surface area contributed by atoms with Crippen LogP contribution in [0.2, 0.25) is 0 Å². The summed E-state index contributed by atoms with van der Waals surface area (Å²) in [6, 6.07) is 7.09. The fourth-order valence-electron chi connectivity index (χ4n) is 2.70. The van der Waals surface area contributed by atoms with Crippen LogP contribution in [0.25, 0.3) is 0 Å². The first-order valence-corrected chi connectivity index (χ1v) is 7.35. The number of hydrogen-bond acceptors (Lipinski definition) is 4. The van der Waals surface area contributed by atoms with Crippen LogP contribution < -0.4 is 0 Å². The summed E-state index contributed by atoms with van der Waals surface area (Å²) in [5, 5.41) is 0. The third kappa shape index (κ3) is 2.96. The normalized spacial score (nSPS) is 16.0. The van der Waals surface area contributed by atoms with Crippen LogP contribution in [0, 0.1) is 0 Å². The van der Waals surface area contributed by atoms with Crippen molar-refractivity contribution in [3.05, 3.63) is 48.2 Å². The van der Waals surface area contributed by atoms with Gasteiger partial charge in [0.05, 0.1) is 18.5 Å². The van der Waals surface area contributed by atoms with Crippen LogP contribution in [-0.2, 0) is 7.05 Å². The summed E-state index contributed by atoms with van der Waals surface area (Å²) in [6.45, 7) is 3.01. The van der Waals surface area contributed by atoms with E-state index in [1.54, 1.807) is 17.0 Å². The Hall–Kier alpha value is -2.34. The predicted molar refractivity (Wildman–Crippen MR) is 80.8 cm³/mol. The number of carbonyl (C=O) groups is 2. The van der Waals surface area contributed by atoms with E-state index in [2.05, 4.69) is 4.90 Å². The molecular weight excluding hydrogens is 282 g/mol. The fraction of sp³-hybridized carbons (Fsp3) is 0.375. The molecule has 0 aliphatic carbocycles. The largest absolute Gasteiger partial charge is 0.459 e. The van der Waals surface area contributed by atoms with Gasteiger partial charge in [-0.2, -0.15) is 0 Å². The van der Waals surface area contributed by atoms with Gasteiger partial charge in [-0.25, -0.2) is 0 Å². The van der Waals surface area contributed by atoms with Crippen molar-refractivity contribution in [3.63, 3.8) is 0 Å². The van der Waals surface area contributed by atoms with E-state index in [4.69, 9.17) is 4.42 Å². The van der Waals surface area contributed by atoms with Crippen molar-refractivity contribution >= 4 is 11.7 Å². The molecule has 0 bridgehead atoms. The number of aryl methyl sites for hydroxylation is 1. The molecule has 0 saturated carbocycles. The Morgan fingerprint density at radius 1 is 1.14 bits per heavy atom. The van der Waals surface area contributed by atoms with Crippen molar-refractivity contribution in [2.45, 2.75) is 0 Å². The molecule has 0 spiro atoms. The van der Waals surface area contributed by atoms with Crippen LogP contribution in [0.5, 0.6) is 0 Å². The van der Waals surface area contributed by atoms with Crippen molar-refractivity contribution in [1.29, 1.82) is 0 Å². The maximum Gasteiger partial charge on any atom is 0.289 e. The Morgan fingerprint density at radius 2 is 1.91 bits per heavy atom. The standard InChI is InChI=1S/C16H19N3O3/c1-17-6-2-4-13(17)14(20)12-18-7-9-19(10-8-18)16(21)15-5-3-11-22-15/h2-6,11H,7-10,12H2,1H3. The summed E-state index contributed by atoms with van der Waals surface area (Å²) in [5.74, 6) is 0.394. The topological polar surface area (TPSA) is 58.7 Å². The van der Waals surface area contributed by atoms with Gasteiger partial charge < -0.3 is 13.9 Å². The van der Waals surface area contributed by atoms with Gasteiger partial charge in [-0.1, -0.05) is 0 Å². The lowest BCUT2D eigenvalue weighted by Crippen LogP contribution is -2.49. The zero-order valence-corrected chi connectivity index (χ0v) is 12.6. The lowest BCUT2D eigenvalue weighted by molar-refractivity contribution is 0.0595. The summed E-state index contributed by atoms with van der Waals surface area (Å²) in [4.78, 5) is 28.3. The molecule has 2 aromatic heterocycles. The zero-order valence-electron chi connectivity index (χ0n) is 12.6. The number of rotatable bonds is 4. The number of nitrogens with zero attached hydrogens (tertiary/aromatic N) is 3. The van der Waals surface area contributed by atoms with Gasteiger partial charge in [-0.3, -0.25) is 14.5 Å². The molecule has 0 atom stereocenters. The minimum atomic E-state index is -0.0848. The van der Waals surface area contributed by atoms with Gasteiger partial charge >= 0.3 is 0 Å². The first-order chi connectivity index (χ1) is 10.6. The van der Waals surface area contributed by atoms with Crippen molar-refractivity contribution in [2.24, 2.45) is 7.05 Å². The summed E-state index contributed by atoms with van der Waals surface area (Å²) in [5.41, 5.74) is 0.717. The van der Waals surface area contributed by atoms with E-state index in [0.29, 0.717) is 44.2 Å². The van der Waals surface area contributed by atoms with Crippen molar-refractivity contribution in [2.75, 3.05) is 32.7 Å². The van der Waals surface area contributed by atoms with Crippen LogP contribution in [0.1, 0.15) is 21.0 Å². The number of hydrogen-bond donors (Lipinski definition) is 0. The SMILES string of the molecule is Cn1cccc1C(=O)CN1CCN(C(=O)c2ccco2)CC1. The highest BCUT2D eigenvalue weighted by Crippen LogP contribution is 2.10. The Labute approximate surface area is 128 Å². The molecular formula is C16H19N3O3. The maximum absolute atomic E-state index is 12.2. The highest BCUT2D eigenvalue weighted by Gasteiger charge is 2.25. The third-order valence-corrected chi connectivity index (χ3v) is 3.99. The number of ketones is 1. The molecule has 0 N–H and O–H groups in total. The molecule has 6 heteroatoms. The third-order valence-electron chi connectivity index (χ3n) is 3.99. The van der Waals surface area contributed by atoms with Gasteiger partial charge in [0.2, 0.25) is 0 Å². The number of piperazine rings is 1. The highest BCUT2D eigenvalue weighted by atomic mass is 16.3. The van der Waals surface area contributed by atoms with Crippen molar-refractivity contribution in [1.82, 2.24) is 14.4 Å². The van der Waals surface area contributed by atoms with Crippen LogP contribution in [0.3, 0.4) is 0 Å². The molecule has 1 saturated heterocycles. The molecule has 116 valence electrons. The zero-order chi connectivity index (χ0) is 15.5. The first kappa shape index (κ1) is 14.6. The van der Waals surface area contributed by atoms with Gasteiger partial charge in [0.25, 0.3) is 5.91 Å². The van der Waals surface area contributed by atoms with Gasteiger partial charge in [-0.05, 0) is 24.3 Å². The summed E-state index contributed by atoms with van der Waals surface area (Å²) >= 11 is 0. The minimum absolute atomic E-state index is 0.0848.